The number of hydrogen-bond donors (Lipinski definition) is 1. The molecule has 2 aromatic carbocycles. The van der Waals surface area contributed by atoms with Gasteiger partial charge < -0.3 is 14.8 Å². The molecule has 2 aromatic rings. The van der Waals surface area contributed by atoms with Crippen LogP contribution >= 0.6 is 0 Å². The molecule has 0 aromatic heterocycles. The van der Waals surface area contributed by atoms with Crippen LogP contribution in [0.2, 0.25) is 0 Å². The predicted molar refractivity (Wildman–Crippen MR) is 88.3 cm³/mol. The molecule has 0 unspecified atom stereocenters. The molecular formula is C17H16N2O6. The first-order chi connectivity index (χ1) is 12.1. The van der Waals surface area contributed by atoms with E-state index in [1.165, 1.54) is 24.3 Å². The maximum Gasteiger partial charge on any atom is 0.345 e. The highest BCUT2D eigenvalue weighted by molar-refractivity contribution is 5.95. The van der Waals surface area contributed by atoms with Crippen LogP contribution < -0.4 is 10.1 Å². The van der Waals surface area contributed by atoms with E-state index in [-0.39, 0.29) is 24.4 Å². The average Bonchev–Trinajstić information content (AvgIpc) is 2.64. The Morgan fingerprint density at radius 3 is 2.44 bits per heavy atom. The van der Waals surface area contributed by atoms with Crippen molar-refractivity contribution in [3.8, 4) is 5.75 Å². The molecule has 8 nitrogen and oxygen atoms in total. The van der Waals surface area contributed by atoms with Crippen LogP contribution in [0.15, 0.2) is 54.6 Å². The number of ether oxygens (including phenoxy) is 2. The average molecular weight is 344 g/mol. The van der Waals surface area contributed by atoms with Gasteiger partial charge in [0.15, 0.2) is 6.61 Å². The van der Waals surface area contributed by atoms with Crippen molar-refractivity contribution in [2.45, 2.75) is 0 Å². The van der Waals surface area contributed by atoms with E-state index in [0.717, 1.165) is 0 Å². The topological polar surface area (TPSA) is 108 Å². The van der Waals surface area contributed by atoms with Gasteiger partial charge >= 0.3 is 5.97 Å². The van der Waals surface area contributed by atoms with Gasteiger partial charge in [-0.3, -0.25) is 14.9 Å². The number of nitro benzene ring substituents is 1. The zero-order valence-electron chi connectivity index (χ0n) is 13.2. The lowest BCUT2D eigenvalue weighted by Gasteiger charge is -2.08. The van der Waals surface area contributed by atoms with Crippen molar-refractivity contribution in [1.82, 2.24) is 5.32 Å². The number of para-hydroxylation sites is 2. The van der Waals surface area contributed by atoms with Gasteiger partial charge in [0, 0.05) is 6.07 Å². The molecular weight excluding hydrogens is 328 g/mol. The van der Waals surface area contributed by atoms with Crippen molar-refractivity contribution in [2.24, 2.45) is 0 Å². The molecule has 0 radical (unpaired) electrons. The number of carbonyl (C=O) groups is 2. The van der Waals surface area contributed by atoms with E-state index < -0.39 is 23.4 Å². The van der Waals surface area contributed by atoms with Gasteiger partial charge in [-0.05, 0) is 18.2 Å². The number of nitrogens with zero attached hydrogens (tertiary/aromatic N) is 1. The minimum Gasteiger partial charge on any atom is -0.492 e. The van der Waals surface area contributed by atoms with Crippen molar-refractivity contribution in [3.05, 3.63) is 70.3 Å². The van der Waals surface area contributed by atoms with Gasteiger partial charge in [0.05, 0.1) is 11.5 Å². The van der Waals surface area contributed by atoms with E-state index in [9.17, 15) is 19.7 Å². The van der Waals surface area contributed by atoms with Gasteiger partial charge in [0.25, 0.3) is 11.6 Å². The van der Waals surface area contributed by atoms with Crippen LogP contribution in [-0.4, -0.2) is 36.6 Å². The Kier molecular flexibility index (Phi) is 6.47. The van der Waals surface area contributed by atoms with Crippen LogP contribution in [0.25, 0.3) is 0 Å². The number of nitrogens with one attached hydrogen (secondary N) is 1. The fourth-order valence-electron chi connectivity index (χ4n) is 1.94. The third-order valence-corrected chi connectivity index (χ3v) is 3.09. The molecule has 0 bridgehead atoms. The Hall–Kier alpha value is -3.42. The summed E-state index contributed by atoms with van der Waals surface area (Å²) in [5.74, 6) is -0.772. The minimum absolute atomic E-state index is 0.201. The standard InChI is InChI=1S/C17H16N2O6/c20-16(18-10-11-24-13-6-2-1-3-7-13)12-25-17(21)14-8-4-5-9-15(14)19(22)23/h1-9H,10-12H2,(H,18,20). The lowest BCUT2D eigenvalue weighted by atomic mass is 10.2. The minimum atomic E-state index is -0.928. The van der Waals surface area contributed by atoms with E-state index >= 15 is 0 Å². The second-order valence-electron chi connectivity index (χ2n) is 4.86. The van der Waals surface area contributed by atoms with Gasteiger partial charge in [-0.15, -0.1) is 0 Å². The van der Waals surface area contributed by atoms with Gasteiger partial charge in [0.2, 0.25) is 0 Å². The summed E-state index contributed by atoms with van der Waals surface area (Å²) in [7, 11) is 0. The van der Waals surface area contributed by atoms with Crippen molar-refractivity contribution in [2.75, 3.05) is 19.8 Å². The zero-order chi connectivity index (χ0) is 18.1. The van der Waals surface area contributed by atoms with Gasteiger partial charge in [-0.1, -0.05) is 30.3 Å². The molecule has 0 spiro atoms. The van der Waals surface area contributed by atoms with Crippen LogP contribution in [0.4, 0.5) is 5.69 Å². The first kappa shape index (κ1) is 17.9. The summed E-state index contributed by atoms with van der Waals surface area (Å²) in [6.07, 6.45) is 0. The maximum absolute atomic E-state index is 11.9. The van der Waals surface area contributed by atoms with Gasteiger partial charge in [0.1, 0.15) is 17.9 Å². The molecule has 0 saturated carbocycles. The lowest BCUT2D eigenvalue weighted by molar-refractivity contribution is -0.385. The second kappa shape index (κ2) is 9.02. The third-order valence-electron chi connectivity index (χ3n) is 3.09. The Morgan fingerprint density at radius 2 is 1.72 bits per heavy atom. The van der Waals surface area contributed by atoms with Gasteiger partial charge in [-0.2, -0.15) is 0 Å². The molecule has 130 valence electrons. The summed E-state index contributed by atoms with van der Waals surface area (Å²) in [5, 5.41) is 13.4. The SMILES string of the molecule is O=C(COC(=O)c1ccccc1[N+](=O)[O-])NCCOc1ccccc1. The second-order valence-corrected chi connectivity index (χ2v) is 4.86. The molecule has 0 aliphatic rings. The highest BCUT2D eigenvalue weighted by Gasteiger charge is 2.21. The summed E-state index contributed by atoms with van der Waals surface area (Å²) in [6.45, 7) is -0.0408. The van der Waals surface area contributed by atoms with Crippen molar-refractivity contribution < 1.29 is 24.0 Å². The molecule has 0 atom stereocenters. The Balaban J connectivity index is 1.73. The molecule has 8 heteroatoms. The summed E-state index contributed by atoms with van der Waals surface area (Å²) in [4.78, 5) is 33.7. The summed E-state index contributed by atoms with van der Waals surface area (Å²) < 4.78 is 10.2. The van der Waals surface area contributed by atoms with Crippen LogP contribution in [-0.2, 0) is 9.53 Å². The zero-order valence-corrected chi connectivity index (χ0v) is 13.2. The van der Waals surface area contributed by atoms with E-state index in [4.69, 9.17) is 9.47 Å². The molecule has 0 fully saturated rings. The number of nitro groups is 1. The Bertz CT molecular complexity index is 748. The molecule has 0 aliphatic heterocycles. The van der Waals surface area contributed by atoms with Crippen LogP contribution in [0.1, 0.15) is 10.4 Å². The first-order valence-electron chi connectivity index (χ1n) is 7.43. The first-order valence-corrected chi connectivity index (χ1v) is 7.43. The molecule has 25 heavy (non-hydrogen) atoms. The number of hydrogen-bond acceptors (Lipinski definition) is 6. The van der Waals surface area contributed by atoms with Crippen molar-refractivity contribution in [1.29, 1.82) is 0 Å². The van der Waals surface area contributed by atoms with Crippen molar-refractivity contribution in [3.63, 3.8) is 0 Å². The number of amides is 1. The normalized spacial score (nSPS) is 9.92. The molecule has 1 N–H and O–H groups in total. The van der Waals surface area contributed by atoms with Crippen molar-refractivity contribution >= 4 is 17.6 Å². The summed E-state index contributed by atoms with van der Waals surface area (Å²) >= 11 is 0. The highest BCUT2D eigenvalue weighted by atomic mass is 16.6. The number of benzene rings is 2. The molecule has 0 heterocycles. The number of esters is 1. The van der Waals surface area contributed by atoms with Gasteiger partial charge in [-0.25, -0.2) is 4.79 Å². The molecule has 2 rings (SSSR count). The van der Waals surface area contributed by atoms with E-state index in [1.807, 2.05) is 18.2 Å². The Labute approximate surface area is 143 Å². The largest absolute Gasteiger partial charge is 0.492 e. The number of carbonyl (C=O) groups excluding carboxylic acids is 2. The monoisotopic (exact) mass is 344 g/mol. The summed E-state index contributed by atoms with van der Waals surface area (Å²) in [6, 6.07) is 14.5. The fourth-order valence-corrected chi connectivity index (χ4v) is 1.94. The fraction of sp³-hybridized carbons (Fsp3) is 0.176. The van der Waals surface area contributed by atoms with E-state index in [2.05, 4.69) is 5.32 Å². The van der Waals surface area contributed by atoms with E-state index in [0.29, 0.717) is 5.75 Å². The summed E-state index contributed by atoms with van der Waals surface area (Å²) in [5.41, 5.74) is -0.572. The van der Waals surface area contributed by atoms with E-state index in [1.54, 1.807) is 12.1 Å². The molecule has 0 saturated heterocycles. The maximum atomic E-state index is 11.9. The molecule has 1 amide bonds. The van der Waals surface area contributed by atoms with Crippen LogP contribution in [0.5, 0.6) is 5.75 Å². The Morgan fingerprint density at radius 1 is 1.04 bits per heavy atom. The highest BCUT2D eigenvalue weighted by Crippen LogP contribution is 2.18. The molecule has 0 aliphatic carbocycles. The predicted octanol–water partition coefficient (Wildman–Crippen LogP) is 1.95. The smallest absolute Gasteiger partial charge is 0.345 e. The number of rotatable bonds is 8. The quantitative estimate of drug-likeness (QED) is 0.339. The third kappa shape index (κ3) is 5.61. The lowest BCUT2D eigenvalue weighted by Crippen LogP contribution is -2.32. The van der Waals surface area contributed by atoms with Crippen LogP contribution in [0.3, 0.4) is 0 Å². The van der Waals surface area contributed by atoms with Crippen LogP contribution in [0, 0.1) is 10.1 Å².